The largest absolute Gasteiger partial charge is 0.481 e. The fraction of sp³-hybridized carbons (Fsp3) is 0.200. The summed E-state index contributed by atoms with van der Waals surface area (Å²) in [5, 5.41) is 10.7. The van der Waals surface area contributed by atoms with Gasteiger partial charge in [-0.3, -0.25) is 9.59 Å². The number of carboxylic acid groups (broad SMARTS) is 1. The number of aliphatic carboxylic acids is 1. The first-order valence-corrected chi connectivity index (χ1v) is 5.16. The Morgan fingerprint density at radius 1 is 1.50 bits per heavy atom. The first kappa shape index (κ1) is 12.6. The van der Waals surface area contributed by atoms with E-state index in [4.69, 9.17) is 5.11 Å². The lowest BCUT2D eigenvalue weighted by Crippen LogP contribution is -2.16. The molecule has 0 heterocycles. The number of carbonyl (C=O) groups is 2. The van der Waals surface area contributed by atoms with Crippen molar-refractivity contribution in [1.82, 2.24) is 0 Å². The molecule has 4 nitrogen and oxygen atoms in total. The highest BCUT2D eigenvalue weighted by atomic mass is 79.9. The molecule has 0 spiro atoms. The van der Waals surface area contributed by atoms with Crippen molar-refractivity contribution in [3.8, 4) is 0 Å². The lowest BCUT2D eigenvalue weighted by Gasteiger charge is -2.08. The molecule has 6 heteroatoms. The molecule has 0 aliphatic rings. The Balaban J connectivity index is 2.85. The van der Waals surface area contributed by atoms with Crippen molar-refractivity contribution in [1.29, 1.82) is 0 Å². The van der Waals surface area contributed by atoms with Crippen molar-refractivity contribution < 1.29 is 19.1 Å². The predicted octanol–water partition coefficient (Wildman–Crippen LogP) is 2.31. The molecule has 86 valence electrons. The average Bonchev–Trinajstić information content (AvgIpc) is 2.12. The Morgan fingerprint density at radius 3 is 2.69 bits per heavy atom. The van der Waals surface area contributed by atoms with Crippen molar-refractivity contribution in [2.45, 2.75) is 13.3 Å². The number of halogens is 2. The molecule has 0 aliphatic heterocycles. The Bertz CT molecular complexity index is 448. The number of hydrogen-bond acceptors (Lipinski definition) is 2. The van der Waals surface area contributed by atoms with Crippen LogP contribution in [-0.2, 0) is 9.59 Å². The summed E-state index contributed by atoms with van der Waals surface area (Å²) >= 11 is 3.00. The summed E-state index contributed by atoms with van der Waals surface area (Å²) in [6.45, 7) is 1.68. The fourth-order valence-electron chi connectivity index (χ4n) is 1.11. The van der Waals surface area contributed by atoms with Gasteiger partial charge >= 0.3 is 5.97 Å². The number of rotatable bonds is 3. The van der Waals surface area contributed by atoms with Crippen molar-refractivity contribution in [2.24, 2.45) is 0 Å². The van der Waals surface area contributed by atoms with E-state index >= 15 is 0 Å². The average molecular weight is 290 g/mol. The van der Waals surface area contributed by atoms with E-state index in [1.165, 1.54) is 6.07 Å². The predicted molar refractivity (Wildman–Crippen MR) is 59.7 cm³/mol. The lowest BCUT2D eigenvalue weighted by atomic mass is 10.2. The molecule has 0 saturated carbocycles. The number of hydrogen-bond donors (Lipinski definition) is 2. The van der Waals surface area contributed by atoms with Gasteiger partial charge in [0, 0.05) is 5.69 Å². The standard InChI is InChI=1S/C10H9BrFNO3/c1-5-2-6(11)7(12)3-8(5)13-9(14)4-10(15)16/h2-3H,4H2,1H3,(H,13,14)(H,15,16). The summed E-state index contributed by atoms with van der Waals surface area (Å²) in [6, 6.07) is 2.64. The lowest BCUT2D eigenvalue weighted by molar-refractivity contribution is -0.139. The molecule has 0 atom stereocenters. The van der Waals surface area contributed by atoms with Gasteiger partial charge in [-0.1, -0.05) is 0 Å². The van der Waals surface area contributed by atoms with Gasteiger partial charge in [0.1, 0.15) is 12.2 Å². The first-order chi connectivity index (χ1) is 7.40. The number of benzene rings is 1. The van der Waals surface area contributed by atoms with Crippen LogP contribution in [0.1, 0.15) is 12.0 Å². The maximum Gasteiger partial charge on any atom is 0.312 e. The number of carboxylic acids is 1. The quantitative estimate of drug-likeness (QED) is 0.839. The molecule has 1 aromatic rings. The van der Waals surface area contributed by atoms with Crippen LogP contribution in [0, 0.1) is 12.7 Å². The third-order valence-corrected chi connectivity index (χ3v) is 2.46. The van der Waals surface area contributed by atoms with Crippen LogP contribution < -0.4 is 5.32 Å². The molecule has 1 amide bonds. The molecule has 2 N–H and O–H groups in total. The van der Waals surface area contributed by atoms with Gasteiger partial charge in [0.2, 0.25) is 5.91 Å². The van der Waals surface area contributed by atoms with Gasteiger partial charge in [0.15, 0.2) is 0 Å². The second kappa shape index (κ2) is 5.07. The minimum Gasteiger partial charge on any atom is -0.481 e. The number of nitrogens with one attached hydrogen (secondary N) is 1. The number of amides is 1. The van der Waals surface area contributed by atoms with Crippen LogP contribution in [0.25, 0.3) is 0 Å². The fourth-order valence-corrected chi connectivity index (χ4v) is 1.57. The second-order valence-corrected chi connectivity index (χ2v) is 4.05. The van der Waals surface area contributed by atoms with Gasteiger partial charge in [-0.05, 0) is 40.5 Å². The number of aryl methyl sites for hydroxylation is 1. The van der Waals surface area contributed by atoms with Gasteiger partial charge in [0.05, 0.1) is 4.47 Å². The van der Waals surface area contributed by atoms with Crippen molar-refractivity contribution in [3.63, 3.8) is 0 Å². The molecule has 0 bridgehead atoms. The zero-order valence-corrected chi connectivity index (χ0v) is 9.97. The molecule has 0 unspecified atom stereocenters. The molecule has 1 rings (SSSR count). The topological polar surface area (TPSA) is 66.4 Å². The summed E-state index contributed by atoms with van der Waals surface area (Å²) in [5.74, 6) is -2.43. The summed E-state index contributed by atoms with van der Waals surface area (Å²) in [5.41, 5.74) is 0.916. The van der Waals surface area contributed by atoms with E-state index in [1.807, 2.05) is 0 Å². The van der Waals surface area contributed by atoms with Gasteiger partial charge in [-0.2, -0.15) is 0 Å². The Labute approximate surface area is 99.6 Å². The highest BCUT2D eigenvalue weighted by Crippen LogP contribution is 2.23. The maximum atomic E-state index is 13.2. The van der Waals surface area contributed by atoms with Gasteiger partial charge in [0.25, 0.3) is 0 Å². The maximum absolute atomic E-state index is 13.2. The molecule has 0 fully saturated rings. The minimum atomic E-state index is -1.23. The first-order valence-electron chi connectivity index (χ1n) is 4.37. The van der Waals surface area contributed by atoms with E-state index in [9.17, 15) is 14.0 Å². The highest BCUT2D eigenvalue weighted by molar-refractivity contribution is 9.10. The van der Waals surface area contributed by atoms with Crippen molar-refractivity contribution in [2.75, 3.05) is 5.32 Å². The molecular formula is C10H9BrFNO3. The molecule has 0 aromatic heterocycles. The zero-order valence-electron chi connectivity index (χ0n) is 8.38. The molecule has 0 radical (unpaired) electrons. The Kier molecular flexibility index (Phi) is 4.00. The smallest absolute Gasteiger partial charge is 0.312 e. The van der Waals surface area contributed by atoms with E-state index < -0.39 is 24.1 Å². The molecule has 0 aliphatic carbocycles. The van der Waals surface area contributed by atoms with E-state index in [0.717, 1.165) is 6.07 Å². The van der Waals surface area contributed by atoms with Crippen LogP contribution >= 0.6 is 15.9 Å². The third kappa shape index (κ3) is 3.30. The van der Waals surface area contributed by atoms with Crippen LogP contribution in [0.4, 0.5) is 10.1 Å². The van der Waals surface area contributed by atoms with Gasteiger partial charge in [-0.15, -0.1) is 0 Å². The van der Waals surface area contributed by atoms with E-state index in [0.29, 0.717) is 10.0 Å². The van der Waals surface area contributed by atoms with Crippen LogP contribution in [0.5, 0.6) is 0 Å². The Hall–Kier alpha value is -1.43. The Morgan fingerprint density at radius 2 is 2.12 bits per heavy atom. The SMILES string of the molecule is Cc1cc(Br)c(F)cc1NC(=O)CC(=O)O. The van der Waals surface area contributed by atoms with Gasteiger partial charge < -0.3 is 10.4 Å². The van der Waals surface area contributed by atoms with E-state index in [-0.39, 0.29) is 5.69 Å². The molecular weight excluding hydrogens is 281 g/mol. The van der Waals surface area contributed by atoms with Crippen LogP contribution in [-0.4, -0.2) is 17.0 Å². The second-order valence-electron chi connectivity index (χ2n) is 3.20. The molecule has 16 heavy (non-hydrogen) atoms. The summed E-state index contributed by atoms with van der Waals surface area (Å²) in [6.07, 6.45) is -0.642. The normalized spacial score (nSPS) is 9.94. The van der Waals surface area contributed by atoms with E-state index in [1.54, 1.807) is 6.92 Å². The summed E-state index contributed by atoms with van der Waals surface area (Å²) in [7, 11) is 0. The van der Waals surface area contributed by atoms with Crippen LogP contribution in [0.3, 0.4) is 0 Å². The van der Waals surface area contributed by atoms with Crippen molar-refractivity contribution in [3.05, 3.63) is 28.0 Å². The highest BCUT2D eigenvalue weighted by Gasteiger charge is 2.11. The van der Waals surface area contributed by atoms with Gasteiger partial charge in [-0.25, -0.2) is 4.39 Å². The van der Waals surface area contributed by atoms with E-state index in [2.05, 4.69) is 21.2 Å². The van der Waals surface area contributed by atoms with Crippen molar-refractivity contribution >= 4 is 33.5 Å². The summed E-state index contributed by atoms with van der Waals surface area (Å²) < 4.78 is 13.5. The monoisotopic (exact) mass is 289 g/mol. The molecule has 0 saturated heterocycles. The molecule has 1 aromatic carbocycles. The van der Waals surface area contributed by atoms with Crippen LogP contribution in [0.15, 0.2) is 16.6 Å². The number of anilines is 1. The summed E-state index contributed by atoms with van der Waals surface area (Å²) in [4.78, 5) is 21.4. The van der Waals surface area contributed by atoms with Crippen LogP contribution in [0.2, 0.25) is 0 Å². The zero-order chi connectivity index (χ0) is 12.3. The number of carbonyl (C=O) groups excluding carboxylic acids is 1. The minimum absolute atomic E-state index is 0.270. The third-order valence-electron chi connectivity index (χ3n) is 1.85.